The van der Waals surface area contributed by atoms with E-state index in [-0.39, 0.29) is 5.91 Å². The van der Waals surface area contributed by atoms with Crippen LogP contribution in [0.5, 0.6) is 0 Å². The molecule has 4 rings (SSSR count). The highest BCUT2D eigenvalue weighted by Gasteiger charge is 2.14. The van der Waals surface area contributed by atoms with E-state index >= 15 is 0 Å². The van der Waals surface area contributed by atoms with Gasteiger partial charge in [-0.2, -0.15) is 9.83 Å². The van der Waals surface area contributed by atoms with E-state index in [4.69, 9.17) is 4.74 Å². The normalized spacial score (nSPS) is 11.0. The Balaban J connectivity index is 1.72. The summed E-state index contributed by atoms with van der Waals surface area (Å²) in [5.74, 6) is -0.238. The maximum atomic E-state index is 12.4. The monoisotopic (exact) mass is 403 g/mol. The Hall–Kier alpha value is -3.78. The highest BCUT2D eigenvalue weighted by atomic mass is 16.5. The SMILES string of the molecule is COCCNC(=O)c1cnc2c[n+]([O-])cc(-c3ccc(-c4cnn(C)c4)cc3)c2c1. The van der Waals surface area contributed by atoms with Crippen LogP contribution in [0.4, 0.5) is 0 Å². The van der Waals surface area contributed by atoms with Crippen molar-refractivity contribution in [2.45, 2.75) is 0 Å². The van der Waals surface area contributed by atoms with Crippen molar-refractivity contribution < 1.29 is 14.3 Å². The van der Waals surface area contributed by atoms with E-state index < -0.39 is 0 Å². The lowest BCUT2D eigenvalue weighted by Crippen LogP contribution is -2.27. The number of carbonyl (C=O) groups excluding carboxylic acids is 1. The van der Waals surface area contributed by atoms with E-state index in [1.807, 2.05) is 37.5 Å². The molecular formula is C22H21N5O3. The number of nitrogens with one attached hydrogen (secondary N) is 1. The van der Waals surface area contributed by atoms with Crippen LogP contribution >= 0.6 is 0 Å². The molecule has 0 radical (unpaired) electrons. The van der Waals surface area contributed by atoms with Gasteiger partial charge in [0.2, 0.25) is 6.20 Å². The number of methoxy groups -OCH3 is 1. The van der Waals surface area contributed by atoms with Gasteiger partial charge in [0.15, 0.2) is 6.20 Å². The molecule has 152 valence electrons. The minimum atomic E-state index is -0.238. The topological polar surface area (TPSA) is 96.0 Å². The molecule has 4 aromatic rings. The first-order valence-electron chi connectivity index (χ1n) is 9.44. The summed E-state index contributed by atoms with van der Waals surface area (Å²) in [5.41, 5.74) is 4.55. The standard InChI is InChI=1S/C22H21N5O3/c1-26-12-18(11-25-26)15-3-5-16(6-4-15)20-13-27(29)14-21-19(20)9-17(10-24-21)22(28)23-7-8-30-2/h3-6,9-14H,7-8H2,1-2H3,(H,23,28). The number of fused-ring (bicyclic) bond motifs is 1. The third kappa shape index (κ3) is 3.99. The number of benzene rings is 1. The Bertz CT molecular complexity index is 1200. The van der Waals surface area contributed by atoms with Gasteiger partial charge in [-0.1, -0.05) is 24.3 Å². The van der Waals surface area contributed by atoms with Gasteiger partial charge in [-0.25, -0.2) is 4.98 Å². The van der Waals surface area contributed by atoms with E-state index in [1.54, 1.807) is 24.1 Å². The first-order chi connectivity index (χ1) is 14.5. The van der Waals surface area contributed by atoms with Crippen molar-refractivity contribution in [1.82, 2.24) is 20.1 Å². The zero-order valence-corrected chi connectivity index (χ0v) is 16.7. The Morgan fingerprint density at radius 1 is 1.17 bits per heavy atom. The summed E-state index contributed by atoms with van der Waals surface area (Å²) >= 11 is 0. The molecule has 1 N–H and O–H groups in total. The summed E-state index contributed by atoms with van der Waals surface area (Å²) in [6, 6.07) is 9.61. The summed E-state index contributed by atoms with van der Waals surface area (Å²) in [7, 11) is 3.45. The van der Waals surface area contributed by atoms with Gasteiger partial charge in [-0.15, -0.1) is 0 Å². The van der Waals surface area contributed by atoms with Gasteiger partial charge in [0.25, 0.3) is 5.91 Å². The number of aryl methyl sites for hydroxylation is 1. The average molecular weight is 403 g/mol. The zero-order chi connectivity index (χ0) is 21.1. The van der Waals surface area contributed by atoms with Crippen LogP contribution in [0.25, 0.3) is 33.2 Å². The molecule has 0 aliphatic rings. The summed E-state index contributed by atoms with van der Waals surface area (Å²) in [6.45, 7) is 0.836. The number of hydrogen-bond donors (Lipinski definition) is 1. The van der Waals surface area contributed by atoms with Crippen LogP contribution < -0.4 is 10.0 Å². The lowest BCUT2D eigenvalue weighted by atomic mass is 9.99. The maximum absolute atomic E-state index is 12.4. The molecule has 1 aromatic carbocycles. The number of nitrogens with zero attached hydrogens (tertiary/aromatic N) is 4. The van der Waals surface area contributed by atoms with Crippen molar-refractivity contribution in [3.8, 4) is 22.3 Å². The molecule has 8 heteroatoms. The van der Waals surface area contributed by atoms with Crippen molar-refractivity contribution in [2.75, 3.05) is 20.3 Å². The number of ether oxygens (including phenoxy) is 1. The molecule has 0 aliphatic carbocycles. The highest BCUT2D eigenvalue weighted by Crippen LogP contribution is 2.29. The lowest BCUT2D eigenvalue weighted by Gasteiger charge is -2.09. The number of hydrogen-bond acceptors (Lipinski definition) is 5. The lowest BCUT2D eigenvalue weighted by molar-refractivity contribution is -0.603. The second-order valence-electron chi connectivity index (χ2n) is 6.92. The quantitative estimate of drug-likeness (QED) is 0.303. The Labute approximate surface area is 173 Å². The predicted molar refractivity (Wildman–Crippen MR) is 113 cm³/mol. The van der Waals surface area contributed by atoms with Gasteiger partial charge in [0, 0.05) is 44.0 Å². The van der Waals surface area contributed by atoms with Gasteiger partial charge >= 0.3 is 0 Å². The Kier molecular flexibility index (Phi) is 5.40. The van der Waals surface area contributed by atoms with Crippen molar-refractivity contribution in [1.29, 1.82) is 0 Å². The van der Waals surface area contributed by atoms with E-state index in [0.717, 1.165) is 26.8 Å². The summed E-state index contributed by atoms with van der Waals surface area (Å²) < 4.78 is 7.44. The van der Waals surface area contributed by atoms with Gasteiger partial charge in [-0.3, -0.25) is 9.48 Å². The minimum Gasteiger partial charge on any atom is -0.619 e. The van der Waals surface area contributed by atoms with Gasteiger partial charge in [0.1, 0.15) is 5.52 Å². The van der Waals surface area contributed by atoms with Crippen molar-refractivity contribution in [3.05, 3.63) is 72.1 Å². The summed E-state index contributed by atoms with van der Waals surface area (Å²) in [6.07, 6.45) is 8.11. The molecular weight excluding hydrogens is 382 g/mol. The van der Waals surface area contributed by atoms with Crippen LogP contribution in [-0.4, -0.2) is 40.9 Å². The minimum absolute atomic E-state index is 0.238. The molecule has 0 atom stereocenters. The molecule has 0 bridgehead atoms. The molecule has 0 saturated heterocycles. The van der Waals surface area contributed by atoms with E-state index in [9.17, 15) is 10.0 Å². The van der Waals surface area contributed by atoms with Crippen molar-refractivity contribution in [2.24, 2.45) is 7.05 Å². The van der Waals surface area contributed by atoms with Crippen molar-refractivity contribution in [3.63, 3.8) is 0 Å². The molecule has 0 aliphatic heterocycles. The molecule has 3 aromatic heterocycles. The molecule has 30 heavy (non-hydrogen) atoms. The van der Waals surface area contributed by atoms with Crippen LogP contribution in [0.15, 0.2) is 61.3 Å². The Morgan fingerprint density at radius 3 is 2.63 bits per heavy atom. The van der Waals surface area contributed by atoms with E-state index in [0.29, 0.717) is 29.8 Å². The number of amides is 1. The molecule has 3 heterocycles. The number of carbonyl (C=O) groups is 1. The third-order valence-corrected chi connectivity index (χ3v) is 4.80. The van der Waals surface area contributed by atoms with Crippen LogP contribution in [0.3, 0.4) is 0 Å². The van der Waals surface area contributed by atoms with Crippen molar-refractivity contribution >= 4 is 16.8 Å². The first kappa shape index (κ1) is 19.5. The van der Waals surface area contributed by atoms with Crippen LogP contribution in [-0.2, 0) is 11.8 Å². The zero-order valence-electron chi connectivity index (χ0n) is 16.7. The fraction of sp³-hybridized carbons (Fsp3) is 0.182. The van der Waals surface area contributed by atoms with Gasteiger partial charge in [-0.05, 0) is 17.2 Å². The van der Waals surface area contributed by atoms with Crippen LogP contribution in [0.1, 0.15) is 10.4 Å². The third-order valence-electron chi connectivity index (χ3n) is 4.80. The molecule has 1 amide bonds. The smallest absolute Gasteiger partial charge is 0.252 e. The number of pyridine rings is 2. The van der Waals surface area contributed by atoms with Gasteiger partial charge < -0.3 is 15.3 Å². The molecule has 0 unspecified atom stereocenters. The first-order valence-corrected chi connectivity index (χ1v) is 9.44. The second-order valence-corrected chi connectivity index (χ2v) is 6.92. The summed E-state index contributed by atoms with van der Waals surface area (Å²) in [5, 5.41) is 19.8. The maximum Gasteiger partial charge on any atom is 0.252 e. The number of aromatic nitrogens is 4. The van der Waals surface area contributed by atoms with E-state index in [1.165, 1.54) is 18.6 Å². The largest absolute Gasteiger partial charge is 0.619 e. The molecule has 0 fully saturated rings. The molecule has 8 nitrogen and oxygen atoms in total. The van der Waals surface area contributed by atoms with Gasteiger partial charge in [0.05, 0.1) is 23.9 Å². The molecule has 0 spiro atoms. The summed E-state index contributed by atoms with van der Waals surface area (Å²) in [4.78, 5) is 16.7. The highest BCUT2D eigenvalue weighted by molar-refractivity contribution is 6.00. The van der Waals surface area contributed by atoms with Crippen LogP contribution in [0, 0.1) is 5.21 Å². The number of rotatable bonds is 6. The molecule has 0 saturated carbocycles. The van der Waals surface area contributed by atoms with E-state index in [2.05, 4.69) is 15.4 Å². The fourth-order valence-electron chi connectivity index (χ4n) is 3.28. The Morgan fingerprint density at radius 2 is 1.93 bits per heavy atom. The second kappa shape index (κ2) is 8.30. The average Bonchev–Trinajstić information content (AvgIpc) is 3.19. The predicted octanol–water partition coefficient (Wildman–Crippen LogP) is 2.31. The van der Waals surface area contributed by atoms with Crippen LogP contribution in [0.2, 0.25) is 0 Å². The fourth-order valence-corrected chi connectivity index (χ4v) is 3.28.